The summed E-state index contributed by atoms with van der Waals surface area (Å²) in [5, 5.41) is 4.12. The first kappa shape index (κ1) is 13.3. The highest BCUT2D eigenvalue weighted by Gasteiger charge is 2.33. The number of oxazole rings is 1. The predicted octanol–water partition coefficient (Wildman–Crippen LogP) is 3.42. The van der Waals surface area contributed by atoms with Gasteiger partial charge in [0, 0.05) is 13.0 Å². The molecule has 1 atom stereocenters. The maximum absolute atomic E-state index is 5.92. The van der Waals surface area contributed by atoms with Crippen LogP contribution in [0.4, 0.5) is 6.01 Å². The molecule has 3 aromatic rings. The quantitative estimate of drug-likeness (QED) is 0.738. The smallest absolute Gasteiger partial charge is 0.299 e. The Morgan fingerprint density at radius 3 is 3.05 bits per heavy atom. The van der Waals surface area contributed by atoms with Crippen molar-refractivity contribution < 1.29 is 8.94 Å². The average Bonchev–Trinajstić information content (AvgIpc) is 3.24. The molecule has 0 saturated carbocycles. The molecular weight excluding hydrogens is 280 g/mol. The summed E-state index contributed by atoms with van der Waals surface area (Å²) < 4.78 is 11.2. The zero-order chi connectivity index (χ0) is 15.1. The molecule has 0 aliphatic carbocycles. The molecule has 6 nitrogen and oxygen atoms in total. The molecule has 3 heterocycles. The Labute approximate surface area is 128 Å². The van der Waals surface area contributed by atoms with Crippen LogP contribution in [0.25, 0.3) is 11.1 Å². The molecule has 1 fully saturated rings. The molecule has 0 N–H and O–H groups in total. The first-order chi connectivity index (χ1) is 10.7. The highest BCUT2D eigenvalue weighted by molar-refractivity contribution is 5.75. The van der Waals surface area contributed by atoms with E-state index in [1.54, 1.807) is 0 Å². The third-order valence-corrected chi connectivity index (χ3v) is 4.11. The Morgan fingerprint density at radius 2 is 2.23 bits per heavy atom. The maximum atomic E-state index is 5.92. The summed E-state index contributed by atoms with van der Waals surface area (Å²) in [5.74, 6) is 1.41. The second-order valence-corrected chi connectivity index (χ2v) is 5.72. The Morgan fingerprint density at radius 1 is 1.32 bits per heavy atom. The Hall–Kier alpha value is -2.37. The largest absolute Gasteiger partial charge is 0.423 e. The van der Waals surface area contributed by atoms with Gasteiger partial charge in [0.15, 0.2) is 11.4 Å². The van der Waals surface area contributed by atoms with Gasteiger partial charge >= 0.3 is 0 Å². The lowest BCUT2D eigenvalue weighted by Crippen LogP contribution is -2.23. The standard InChI is InChI=1S/C16H18N4O2/c1-3-14-18-15(19-22-14)12-5-4-8-20(12)16-17-11-9-10(2)6-7-13(11)21-16/h6-7,9,12H,3-5,8H2,1-2H3/t12-/m0/s1. The van der Waals surface area contributed by atoms with E-state index in [0.29, 0.717) is 11.9 Å². The lowest BCUT2D eigenvalue weighted by Gasteiger charge is -2.19. The molecule has 1 aliphatic rings. The van der Waals surface area contributed by atoms with Crippen LogP contribution < -0.4 is 4.90 Å². The van der Waals surface area contributed by atoms with Gasteiger partial charge in [-0.05, 0) is 37.5 Å². The Kier molecular flexibility index (Phi) is 3.10. The highest BCUT2D eigenvalue weighted by Crippen LogP contribution is 2.35. The van der Waals surface area contributed by atoms with Crippen molar-refractivity contribution in [3.63, 3.8) is 0 Å². The summed E-state index contributed by atoms with van der Waals surface area (Å²) in [6, 6.07) is 6.77. The van der Waals surface area contributed by atoms with Gasteiger partial charge in [-0.2, -0.15) is 9.97 Å². The van der Waals surface area contributed by atoms with E-state index in [0.717, 1.165) is 42.7 Å². The number of hydrogen-bond acceptors (Lipinski definition) is 6. The molecule has 0 amide bonds. The number of nitrogens with zero attached hydrogens (tertiary/aromatic N) is 4. The fourth-order valence-electron chi connectivity index (χ4n) is 2.96. The second-order valence-electron chi connectivity index (χ2n) is 5.72. The fourth-order valence-corrected chi connectivity index (χ4v) is 2.96. The van der Waals surface area contributed by atoms with Gasteiger partial charge in [-0.1, -0.05) is 18.1 Å². The van der Waals surface area contributed by atoms with Crippen LogP contribution in [0.5, 0.6) is 0 Å². The number of hydrogen-bond donors (Lipinski definition) is 0. The van der Waals surface area contributed by atoms with Gasteiger partial charge in [-0.25, -0.2) is 0 Å². The Balaban J connectivity index is 1.69. The van der Waals surface area contributed by atoms with E-state index < -0.39 is 0 Å². The molecule has 4 rings (SSSR count). The van der Waals surface area contributed by atoms with E-state index in [4.69, 9.17) is 8.94 Å². The van der Waals surface area contributed by atoms with E-state index in [2.05, 4.69) is 26.9 Å². The monoisotopic (exact) mass is 298 g/mol. The molecule has 6 heteroatoms. The topological polar surface area (TPSA) is 68.2 Å². The summed E-state index contributed by atoms with van der Waals surface area (Å²) in [6.45, 7) is 4.96. The Bertz CT molecular complexity index is 807. The lowest BCUT2D eigenvalue weighted by molar-refractivity contribution is 0.372. The van der Waals surface area contributed by atoms with Gasteiger partial charge in [-0.3, -0.25) is 0 Å². The highest BCUT2D eigenvalue weighted by atomic mass is 16.5. The normalized spacial score (nSPS) is 18.5. The molecule has 114 valence electrons. The maximum Gasteiger partial charge on any atom is 0.299 e. The molecule has 0 radical (unpaired) electrons. The first-order valence-electron chi connectivity index (χ1n) is 7.71. The summed E-state index contributed by atoms with van der Waals surface area (Å²) in [6.07, 6.45) is 2.81. The fraction of sp³-hybridized carbons (Fsp3) is 0.438. The van der Waals surface area contributed by atoms with Crippen LogP contribution in [0, 0.1) is 6.92 Å². The van der Waals surface area contributed by atoms with Crippen LogP contribution in [0.3, 0.4) is 0 Å². The summed E-state index contributed by atoms with van der Waals surface area (Å²) in [4.78, 5) is 11.2. The summed E-state index contributed by atoms with van der Waals surface area (Å²) >= 11 is 0. The van der Waals surface area contributed by atoms with Crippen LogP contribution in [0.15, 0.2) is 27.1 Å². The van der Waals surface area contributed by atoms with E-state index >= 15 is 0 Å². The number of benzene rings is 1. The number of anilines is 1. The minimum absolute atomic E-state index is 0.0817. The number of rotatable bonds is 3. The van der Waals surface area contributed by atoms with E-state index in [9.17, 15) is 0 Å². The van der Waals surface area contributed by atoms with Gasteiger partial charge in [0.1, 0.15) is 5.52 Å². The number of aryl methyl sites for hydroxylation is 2. The molecule has 0 bridgehead atoms. The van der Waals surface area contributed by atoms with Crippen molar-refractivity contribution in [1.29, 1.82) is 0 Å². The molecular formula is C16H18N4O2. The zero-order valence-electron chi connectivity index (χ0n) is 12.7. The molecule has 0 unspecified atom stereocenters. The minimum atomic E-state index is 0.0817. The SMILES string of the molecule is CCc1nc([C@@H]2CCCN2c2nc3cc(C)ccc3o2)no1. The van der Waals surface area contributed by atoms with Gasteiger partial charge in [-0.15, -0.1) is 0 Å². The van der Waals surface area contributed by atoms with Crippen LogP contribution in [-0.4, -0.2) is 21.7 Å². The molecule has 1 saturated heterocycles. The molecule has 2 aromatic heterocycles. The van der Waals surface area contributed by atoms with Crippen molar-refractivity contribution in [2.24, 2.45) is 0 Å². The van der Waals surface area contributed by atoms with Crippen molar-refractivity contribution in [3.8, 4) is 0 Å². The molecule has 1 aliphatic heterocycles. The van der Waals surface area contributed by atoms with Gasteiger partial charge < -0.3 is 13.8 Å². The van der Waals surface area contributed by atoms with Crippen LogP contribution in [-0.2, 0) is 6.42 Å². The van der Waals surface area contributed by atoms with Crippen molar-refractivity contribution in [3.05, 3.63) is 35.5 Å². The first-order valence-corrected chi connectivity index (χ1v) is 7.71. The summed E-state index contributed by atoms with van der Waals surface area (Å²) in [7, 11) is 0. The molecule has 22 heavy (non-hydrogen) atoms. The van der Waals surface area contributed by atoms with Crippen LogP contribution >= 0.6 is 0 Å². The number of fused-ring (bicyclic) bond motifs is 1. The predicted molar refractivity (Wildman–Crippen MR) is 81.7 cm³/mol. The van der Waals surface area contributed by atoms with Crippen molar-refractivity contribution in [2.45, 2.75) is 39.2 Å². The average molecular weight is 298 g/mol. The van der Waals surface area contributed by atoms with Gasteiger partial charge in [0.25, 0.3) is 6.01 Å². The van der Waals surface area contributed by atoms with E-state index in [-0.39, 0.29) is 6.04 Å². The molecule has 0 spiro atoms. The van der Waals surface area contributed by atoms with E-state index in [1.165, 1.54) is 5.56 Å². The van der Waals surface area contributed by atoms with Crippen LogP contribution in [0.2, 0.25) is 0 Å². The van der Waals surface area contributed by atoms with Gasteiger partial charge in [0.2, 0.25) is 5.89 Å². The van der Waals surface area contributed by atoms with Crippen molar-refractivity contribution in [1.82, 2.24) is 15.1 Å². The number of aromatic nitrogens is 3. The van der Waals surface area contributed by atoms with Crippen molar-refractivity contribution >= 4 is 17.1 Å². The summed E-state index contributed by atoms with van der Waals surface area (Å²) in [5.41, 5.74) is 2.88. The lowest BCUT2D eigenvalue weighted by atomic mass is 10.2. The van der Waals surface area contributed by atoms with Gasteiger partial charge in [0.05, 0.1) is 6.04 Å². The van der Waals surface area contributed by atoms with Crippen molar-refractivity contribution in [2.75, 3.05) is 11.4 Å². The molecule has 1 aromatic carbocycles. The third-order valence-electron chi connectivity index (χ3n) is 4.11. The van der Waals surface area contributed by atoms with Crippen LogP contribution in [0.1, 0.15) is 43.1 Å². The zero-order valence-corrected chi connectivity index (χ0v) is 12.7. The minimum Gasteiger partial charge on any atom is -0.423 e. The van der Waals surface area contributed by atoms with E-state index in [1.807, 2.05) is 25.1 Å². The third kappa shape index (κ3) is 2.15. The second kappa shape index (κ2) is 5.12.